The van der Waals surface area contributed by atoms with Crippen LogP contribution in [-0.4, -0.2) is 31.2 Å². The summed E-state index contributed by atoms with van der Waals surface area (Å²) in [7, 11) is 1.15. The van der Waals surface area contributed by atoms with Gasteiger partial charge >= 0.3 is 0 Å². The molecule has 5 heteroatoms. The van der Waals surface area contributed by atoms with Crippen molar-refractivity contribution in [2.75, 3.05) is 7.11 Å². The number of ether oxygens (including phenoxy) is 1. The first-order valence-electron chi connectivity index (χ1n) is 5.54. The van der Waals surface area contributed by atoms with Crippen LogP contribution >= 0.6 is 0 Å². The van der Waals surface area contributed by atoms with E-state index in [0.29, 0.717) is 11.1 Å². The van der Waals surface area contributed by atoms with Crippen LogP contribution in [-0.2, 0) is 4.74 Å². The lowest BCUT2D eigenvalue weighted by molar-refractivity contribution is -0.0406. The van der Waals surface area contributed by atoms with Gasteiger partial charge < -0.3 is 4.74 Å². The van der Waals surface area contributed by atoms with E-state index in [9.17, 15) is 18.4 Å². The largest absolute Gasteiger partial charge is 0.375 e. The highest BCUT2D eigenvalue weighted by Crippen LogP contribution is 2.31. The number of methoxy groups -OCH3 is 1. The van der Waals surface area contributed by atoms with Gasteiger partial charge in [0.15, 0.2) is 11.6 Å². The van der Waals surface area contributed by atoms with E-state index >= 15 is 0 Å². The maximum atomic E-state index is 12.6. The minimum Gasteiger partial charge on any atom is -0.375 e. The van der Waals surface area contributed by atoms with E-state index in [-0.39, 0.29) is 6.42 Å². The van der Waals surface area contributed by atoms with Crippen LogP contribution in [0.2, 0.25) is 0 Å². The van der Waals surface area contributed by atoms with Crippen LogP contribution in [0.4, 0.5) is 8.78 Å². The molecule has 0 spiro atoms. The quantitative estimate of drug-likeness (QED) is 0.775. The Kier molecular flexibility index (Phi) is 3.52. The number of hydrogen-bond acceptors (Lipinski definition) is 3. The van der Waals surface area contributed by atoms with E-state index in [4.69, 9.17) is 0 Å². The molecule has 1 aromatic rings. The molecular formula is C13H12F2O3. The molecule has 0 fully saturated rings. The molecule has 96 valence electrons. The summed E-state index contributed by atoms with van der Waals surface area (Å²) in [4.78, 5) is 23.9. The number of halogens is 2. The Morgan fingerprint density at radius 2 is 1.67 bits per heavy atom. The zero-order chi connectivity index (χ0) is 13.3. The second-order valence-electron chi connectivity index (χ2n) is 4.17. The van der Waals surface area contributed by atoms with Crippen molar-refractivity contribution in [3.05, 3.63) is 35.4 Å². The van der Waals surface area contributed by atoms with Crippen molar-refractivity contribution >= 4 is 11.6 Å². The van der Waals surface area contributed by atoms with Crippen LogP contribution in [0.15, 0.2) is 24.3 Å². The molecule has 0 saturated carbocycles. The molecule has 0 amide bonds. The predicted octanol–water partition coefficient (Wildman–Crippen LogP) is 2.35. The van der Waals surface area contributed by atoms with Gasteiger partial charge in [0.05, 0.1) is 5.92 Å². The zero-order valence-electron chi connectivity index (χ0n) is 9.73. The van der Waals surface area contributed by atoms with Crippen LogP contribution in [0.1, 0.15) is 27.1 Å². The predicted molar refractivity (Wildman–Crippen MR) is 60.0 cm³/mol. The van der Waals surface area contributed by atoms with Crippen LogP contribution in [0.25, 0.3) is 0 Å². The second kappa shape index (κ2) is 4.94. The summed E-state index contributed by atoms with van der Waals surface area (Å²) >= 11 is 0. The molecular weight excluding hydrogens is 242 g/mol. The highest BCUT2D eigenvalue weighted by atomic mass is 19.3. The normalized spacial score (nSPS) is 17.3. The summed E-state index contributed by atoms with van der Waals surface area (Å²) in [6.45, 7) is 0. The van der Waals surface area contributed by atoms with Crippen molar-refractivity contribution < 1.29 is 23.1 Å². The minimum absolute atomic E-state index is 0.277. The number of fused-ring (bicyclic) bond motifs is 1. The van der Waals surface area contributed by atoms with E-state index in [1.165, 1.54) is 0 Å². The SMILES string of the molecule is COC(CC1C(=O)c2ccccc2C1=O)C(F)F. The van der Waals surface area contributed by atoms with Gasteiger partial charge in [0.25, 0.3) is 6.43 Å². The van der Waals surface area contributed by atoms with E-state index in [1.807, 2.05) is 0 Å². The standard InChI is InChI=1S/C13H12F2O3/c1-18-10(13(14)15)6-9-11(16)7-4-2-3-5-8(7)12(9)17/h2-5,9-10,13H,6H2,1H3. The highest BCUT2D eigenvalue weighted by molar-refractivity contribution is 6.26. The van der Waals surface area contributed by atoms with Gasteiger partial charge in [0.2, 0.25) is 0 Å². The van der Waals surface area contributed by atoms with Gasteiger partial charge in [-0.3, -0.25) is 9.59 Å². The smallest absolute Gasteiger partial charge is 0.264 e. The number of rotatable bonds is 4. The lowest BCUT2D eigenvalue weighted by atomic mass is 9.96. The van der Waals surface area contributed by atoms with Gasteiger partial charge in [-0.05, 0) is 6.42 Å². The summed E-state index contributed by atoms with van der Waals surface area (Å²) < 4.78 is 29.8. The van der Waals surface area contributed by atoms with Gasteiger partial charge in [0.1, 0.15) is 6.10 Å². The number of carbonyl (C=O) groups excluding carboxylic acids is 2. The lowest BCUT2D eigenvalue weighted by Crippen LogP contribution is -2.28. The highest BCUT2D eigenvalue weighted by Gasteiger charge is 2.40. The van der Waals surface area contributed by atoms with Gasteiger partial charge in [-0.2, -0.15) is 0 Å². The summed E-state index contributed by atoms with van der Waals surface area (Å²) in [5.74, 6) is -1.82. The molecule has 1 aromatic carbocycles. The second-order valence-corrected chi connectivity index (χ2v) is 4.17. The minimum atomic E-state index is -2.71. The number of alkyl halides is 2. The number of Topliss-reactive ketones (excluding diaryl/α,β-unsaturated/α-hetero) is 2. The zero-order valence-corrected chi connectivity index (χ0v) is 9.73. The Balaban J connectivity index is 2.23. The average Bonchev–Trinajstić information content (AvgIpc) is 2.60. The first-order chi connectivity index (χ1) is 8.56. The fourth-order valence-electron chi connectivity index (χ4n) is 2.16. The fraction of sp³-hybridized carbons (Fsp3) is 0.385. The van der Waals surface area contributed by atoms with Crippen molar-refractivity contribution in [2.24, 2.45) is 5.92 Å². The molecule has 1 unspecified atom stereocenters. The Labute approximate surface area is 103 Å². The molecule has 1 aliphatic carbocycles. The van der Waals surface area contributed by atoms with Gasteiger partial charge in [-0.25, -0.2) is 8.78 Å². The molecule has 0 bridgehead atoms. The Bertz CT molecular complexity index is 450. The summed E-state index contributed by atoms with van der Waals surface area (Å²) in [5.41, 5.74) is 0.633. The molecule has 1 atom stereocenters. The molecule has 0 radical (unpaired) electrons. The molecule has 0 aliphatic heterocycles. The lowest BCUT2D eigenvalue weighted by Gasteiger charge is -2.16. The van der Waals surface area contributed by atoms with E-state index in [1.54, 1.807) is 24.3 Å². The molecule has 0 saturated heterocycles. The van der Waals surface area contributed by atoms with E-state index in [2.05, 4.69) is 4.74 Å². The first-order valence-corrected chi connectivity index (χ1v) is 5.54. The third kappa shape index (κ3) is 2.06. The van der Waals surface area contributed by atoms with E-state index < -0.39 is 30.0 Å². The van der Waals surface area contributed by atoms with Crippen molar-refractivity contribution in [1.29, 1.82) is 0 Å². The maximum absolute atomic E-state index is 12.6. The fourth-order valence-corrected chi connectivity index (χ4v) is 2.16. The van der Waals surface area contributed by atoms with Crippen molar-refractivity contribution in [3.8, 4) is 0 Å². The van der Waals surface area contributed by atoms with E-state index in [0.717, 1.165) is 7.11 Å². The van der Waals surface area contributed by atoms with Gasteiger partial charge in [-0.15, -0.1) is 0 Å². The summed E-state index contributed by atoms with van der Waals surface area (Å²) in [6, 6.07) is 6.38. The van der Waals surface area contributed by atoms with Gasteiger partial charge in [0, 0.05) is 18.2 Å². The Morgan fingerprint density at radius 1 is 1.17 bits per heavy atom. The molecule has 18 heavy (non-hydrogen) atoms. The molecule has 0 heterocycles. The average molecular weight is 254 g/mol. The Hall–Kier alpha value is -1.62. The molecule has 0 N–H and O–H groups in total. The van der Waals surface area contributed by atoms with Gasteiger partial charge in [-0.1, -0.05) is 24.3 Å². The Morgan fingerprint density at radius 3 is 2.06 bits per heavy atom. The number of ketones is 2. The van der Waals surface area contributed by atoms with Crippen LogP contribution < -0.4 is 0 Å². The summed E-state index contributed by atoms with van der Waals surface area (Å²) in [5, 5.41) is 0. The number of hydrogen-bond donors (Lipinski definition) is 0. The molecule has 1 aliphatic rings. The number of benzene rings is 1. The van der Waals surface area contributed by atoms with Crippen LogP contribution in [0, 0.1) is 5.92 Å². The first kappa shape index (κ1) is 12.8. The van der Waals surface area contributed by atoms with Crippen LogP contribution in [0.3, 0.4) is 0 Å². The van der Waals surface area contributed by atoms with Crippen molar-refractivity contribution in [3.63, 3.8) is 0 Å². The van der Waals surface area contributed by atoms with Crippen LogP contribution in [0.5, 0.6) is 0 Å². The van der Waals surface area contributed by atoms with Crippen molar-refractivity contribution in [2.45, 2.75) is 19.0 Å². The third-order valence-corrected chi connectivity index (χ3v) is 3.14. The monoisotopic (exact) mass is 254 g/mol. The molecule has 3 nitrogen and oxygen atoms in total. The maximum Gasteiger partial charge on any atom is 0.264 e. The molecule has 2 rings (SSSR count). The summed E-state index contributed by atoms with van der Waals surface area (Å²) in [6.07, 6.45) is -4.38. The van der Waals surface area contributed by atoms with Crippen molar-refractivity contribution in [1.82, 2.24) is 0 Å². The topological polar surface area (TPSA) is 43.4 Å². The molecule has 0 aromatic heterocycles. The number of carbonyl (C=O) groups is 2. The third-order valence-electron chi connectivity index (χ3n) is 3.14.